The van der Waals surface area contributed by atoms with Crippen LogP contribution in [0.25, 0.3) is 0 Å². The van der Waals surface area contributed by atoms with Crippen LogP contribution >= 0.6 is 0 Å². The number of alkyl halides is 3. The molecule has 0 saturated carbocycles. The summed E-state index contributed by atoms with van der Waals surface area (Å²) >= 11 is 0. The number of primary amides is 1. The van der Waals surface area contributed by atoms with Crippen molar-refractivity contribution in [3.63, 3.8) is 0 Å². The van der Waals surface area contributed by atoms with Crippen LogP contribution in [-0.2, 0) is 9.53 Å². The molecule has 0 spiro atoms. The van der Waals surface area contributed by atoms with Gasteiger partial charge in [-0.3, -0.25) is 14.6 Å². The molecule has 1 fully saturated rings. The van der Waals surface area contributed by atoms with Gasteiger partial charge in [0, 0.05) is 25.4 Å². The molecule has 8 nitrogen and oxygen atoms in total. The van der Waals surface area contributed by atoms with Gasteiger partial charge in [-0.25, -0.2) is 4.39 Å². The Morgan fingerprint density at radius 2 is 1.94 bits per heavy atom. The lowest BCUT2D eigenvalue weighted by Crippen LogP contribution is -2.49. The number of amides is 2. The Bertz CT molecular complexity index is 1130. The number of hydrogen-bond donors (Lipinski definition) is 2. The summed E-state index contributed by atoms with van der Waals surface area (Å²) in [5.41, 5.74) is 2.47. The minimum atomic E-state index is -4.90. The third kappa shape index (κ3) is 4.34. The number of anilines is 2. The summed E-state index contributed by atoms with van der Waals surface area (Å²) in [6.07, 6.45) is -4.49. The first-order valence-corrected chi connectivity index (χ1v) is 9.83. The lowest BCUT2D eigenvalue weighted by molar-refractivity contribution is -0.261. The van der Waals surface area contributed by atoms with E-state index in [1.807, 2.05) is 0 Å². The third-order valence-electron chi connectivity index (χ3n) is 5.69. The molecule has 1 saturated heterocycles. The molecule has 1 aromatic carbocycles. The number of nitrogens with two attached hydrogens (primary N) is 1. The first-order valence-electron chi connectivity index (χ1n) is 9.83. The zero-order chi connectivity index (χ0) is 25.4. The molecule has 2 amide bonds. The van der Waals surface area contributed by atoms with Crippen LogP contribution in [0.5, 0.6) is 5.75 Å². The number of carbonyl (C=O) groups is 2. The molecule has 3 rings (SSSR count). The van der Waals surface area contributed by atoms with Gasteiger partial charge in [-0.2, -0.15) is 17.6 Å². The molecule has 1 aliphatic heterocycles. The summed E-state index contributed by atoms with van der Waals surface area (Å²) in [5, 5.41) is 2.46. The first kappa shape index (κ1) is 25.1. The van der Waals surface area contributed by atoms with Gasteiger partial charge < -0.3 is 25.4 Å². The monoisotopic (exact) mass is 488 g/mol. The lowest BCUT2D eigenvalue weighted by atomic mass is 9.99. The molecule has 2 heterocycles. The smallest absolute Gasteiger partial charge is 0.419 e. The van der Waals surface area contributed by atoms with Crippen molar-refractivity contribution in [3.05, 3.63) is 47.3 Å². The average molecular weight is 488 g/mol. The van der Waals surface area contributed by atoms with Crippen molar-refractivity contribution < 1.29 is 41.0 Å². The van der Waals surface area contributed by atoms with Crippen molar-refractivity contribution in [1.82, 2.24) is 4.98 Å². The lowest BCUT2D eigenvalue weighted by Gasteiger charge is -2.31. The Kier molecular flexibility index (Phi) is 6.69. The standard InChI is InChI=1S/C21H21F5N4O4/c1-10-8-28-13(18(27)31)6-12(10)29-19(32)15-7-20(34-3,21(24,25)26)9-30(15)14-5-4-11(22)16(23)17(14)33-2/h4-6,8,15H,7,9H2,1-3H3,(H2,27,31)(H,28,29,32)/t15-,20+/m0/s1. The maximum atomic E-state index is 14.3. The van der Waals surface area contributed by atoms with Gasteiger partial charge in [-0.1, -0.05) is 0 Å². The number of aryl methyl sites for hydroxylation is 1. The number of nitrogens with one attached hydrogen (secondary N) is 1. The maximum Gasteiger partial charge on any atom is 0.419 e. The van der Waals surface area contributed by atoms with Crippen LogP contribution in [0.1, 0.15) is 22.5 Å². The van der Waals surface area contributed by atoms with Gasteiger partial charge in [0.05, 0.1) is 19.3 Å². The van der Waals surface area contributed by atoms with Crippen molar-refractivity contribution in [1.29, 1.82) is 0 Å². The minimum Gasteiger partial charge on any atom is -0.491 e. The summed E-state index contributed by atoms with van der Waals surface area (Å²) in [5.74, 6) is -5.15. The van der Waals surface area contributed by atoms with E-state index in [1.54, 1.807) is 6.92 Å². The molecular formula is C21H21F5N4O4. The van der Waals surface area contributed by atoms with E-state index in [1.165, 1.54) is 12.3 Å². The predicted molar refractivity (Wildman–Crippen MR) is 111 cm³/mol. The Balaban J connectivity index is 2.08. The van der Waals surface area contributed by atoms with Crippen LogP contribution in [0, 0.1) is 18.6 Å². The van der Waals surface area contributed by atoms with Crippen LogP contribution < -0.4 is 20.7 Å². The molecule has 0 bridgehead atoms. The molecule has 0 aliphatic carbocycles. The SMILES string of the molecule is COc1c(N2C[C@@](OC)(C(F)(F)F)C[C@H]2C(=O)Nc2cc(C(N)=O)ncc2C)ccc(F)c1F. The molecule has 1 aromatic heterocycles. The Hall–Kier alpha value is -3.48. The highest BCUT2D eigenvalue weighted by Crippen LogP contribution is 2.47. The molecule has 13 heteroatoms. The number of nitrogens with zero attached hydrogens (tertiary/aromatic N) is 2. The van der Waals surface area contributed by atoms with Gasteiger partial charge in [-0.15, -0.1) is 0 Å². The zero-order valence-corrected chi connectivity index (χ0v) is 18.3. The molecule has 34 heavy (non-hydrogen) atoms. The first-order chi connectivity index (χ1) is 15.8. The number of carbonyl (C=O) groups excluding carboxylic acids is 2. The fraction of sp³-hybridized carbons (Fsp3) is 0.381. The van der Waals surface area contributed by atoms with Crippen LogP contribution in [0.3, 0.4) is 0 Å². The number of rotatable bonds is 6. The largest absolute Gasteiger partial charge is 0.491 e. The third-order valence-corrected chi connectivity index (χ3v) is 5.69. The van der Waals surface area contributed by atoms with Gasteiger partial charge in [0.2, 0.25) is 11.7 Å². The highest BCUT2D eigenvalue weighted by molar-refractivity contribution is 5.99. The molecule has 0 radical (unpaired) electrons. The number of pyridine rings is 1. The number of halogens is 5. The van der Waals surface area contributed by atoms with Gasteiger partial charge in [0.15, 0.2) is 17.2 Å². The Morgan fingerprint density at radius 1 is 1.26 bits per heavy atom. The van der Waals surface area contributed by atoms with Crippen LogP contribution in [-0.4, -0.2) is 55.4 Å². The molecular weight excluding hydrogens is 467 g/mol. The normalized spacial score (nSPS) is 20.4. The molecule has 184 valence electrons. The number of ether oxygens (including phenoxy) is 2. The highest BCUT2D eigenvalue weighted by atomic mass is 19.4. The van der Waals surface area contributed by atoms with E-state index in [0.29, 0.717) is 11.6 Å². The highest BCUT2D eigenvalue weighted by Gasteiger charge is 2.63. The van der Waals surface area contributed by atoms with Gasteiger partial charge in [0.1, 0.15) is 11.7 Å². The van der Waals surface area contributed by atoms with E-state index >= 15 is 0 Å². The summed E-state index contributed by atoms with van der Waals surface area (Å²) in [6.45, 7) is 0.654. The molecule has 3 N–H and O–H groups in total. The van der Waals surface area contributed by atoms with Crippen molar-refractivity contribution >= 4 is 23.2 Å². The molecule has 0 unspecified atom stereocenters. The predicted octanol–water partition coefficient (Wildman–Crippen LogP) is 2.94. The summed E-state index contributed by atoms with van der Waals surface area (Å²) in [6, 6.07) is 1.38. The number of benzene rings is 1. The van der Waals surface area contributed by atoms with Gasteiger partial charge in [-0.05, 0) is 30.7 Å². The Morgan fingerprint density at radius 3 is 2.50 bits per heavy atom. The second kappa shape index (κ2) is 9.05. The van der Waals surface area contributed by atoms with Crippen LogP contribution in [0.2, 0.25) is 0 Å². The van der Waals surface area contributed by atoms with E-state index < -0.39 is 60.0 Å². The fourth-order valence-corrected chi connectivity index (χ4v) is 3.78. The topological polar surface area (TPSA) is 107 Å². The van der Waals surface area contributed by atoms with E-state index in [2.05, 4.69) is 10.3 Å². The van der Waals surface area contributed by atoms with Crippen molar-refractivity contribution in [3.8, 4) is 5.75 Å². The Labute approximate surface area is 190 Å². The summed E-state index contributed by atoms with van der Waals surface area (Å²) in [7, 11) is 1.87. The number of aromatic nitrogens is 1. The zero-order valence-electron chi connectivity index (χ0n) is 18.3. The molecule has 2 atom stereocenters. The van der Waals surface area contributed by atoms with Crippen molar-refractivity contribution in [2.45, 2.75) is 31.2 Å². The van der Waals surface area contributed by atoms with Gasteiger partial charge in [0.25, 0.3) is 5.91 Å². The van der Waals surface area contributed by atoms with Gasteiger partial charge >= 0.3 is 6.18 Å². The van der Waals surface area contributed by atoms with Crippen molar-refractivity contribution in [2.75, 3.05) is 31.0 Å². The second-order valence-corrected chi connectivity index (χ2v) is 7.70. The quantitative estimate of drug-likeness (QED) is 0.606. The van der Waals surface area contributed by atoms with Crippen LogP contribution in [0.15, 0.2) is 24.4 Å². The van der Waals surface area contributed by atoms with Crippen LogP contribution in [0.4, 0.5) is 33.3 Å². The maximum absolute atomic E-state index is 14.3. The van der Waals surface area contributed by atoms with Crippen molar-refractivity contribution in [2.24, 2.45) is 5.73 Å². The number of methoxy groups -OCH3 is 2. The fourth-order valence-electron chi connectivity index (χ4n) is 3.78. The molecule has 2 aromatic rings. The second-order valence-electron chi connectivity index (χ2n) is 7.70. The summed E-state index contributed by atoms with van der Waals surface area (Å²) < 4.78 is 79.8. The summed E-state index contributed by atoms with van der Waals surface area (Å²) in [4.78, 5) is 29.4. The average Bonchev–Trinajstić information content (AvgIpc) is 3.18. The van der Waals surface area contributed by atoms with E-state index in [0.717, 1.165) is 25.2 Å². The van der Waals surface area contributed by atoms with E-state index in [4.69, 9.17) is 15.2 Å². The minimum absolute atomic E-state index is 0.0907. The number of hydrogen-bond acceptors (Lipinski definition) is 6. The molecule has 1 aliphatic rings. The van der Waals surface area contributed by atoms with E-state index in [9.17, 15) is 31.5 Å². The van der Waals surface area contributed by atoms with E-state index in [-0.39, 0.29) is 17.1 Å².